The van der Waals surface area contributed by atoms with Gasteiger partial charge in [-0.05, 0) is 36.4 Å². The van der Waals surface area contributed by atoms with Gasteiger partial charge in [-0.25, -0.2) is 0 Å². The summed E-state index contributed by atoms with van der Waals surface area (Å²) in [7, 11) is 8.74. The summed E-state index contributed by atoms with van der Waals surface area (Å²) < 4.78 is 30.8. The smallest absolute Gasteiger partial charge is 0.872 e. The predicted octanol–water partition coefficient (Wildman–Crippen LogP) is -4.43. The van der Waals surface area contributed by atoms with E-state index >= 15 is 0 Å². The van der Waals surface area contributed by atoms with E-state index in [0.717, 1.165) is 0 Å². The average Bonchev–Trinajstić information content (AvgIpc) is 3.18. The molecule has 0 heterocycles. The number of hydrogen-bond acceptors (Lipinski definition) is 12. The molecule has 0 aliphatic carbocycles. The molecule has 0 saturated carbocycles. The zero-order valence-corrected chi connectivity index (χ0v) is 37.5. The van der Waals surface area contributed by atoms with Gasteiger partial charge in [0.05, 0.1) is 42.7 Å². The van der Waals surface area contributed by atoms with Crippen LogP contribution >= 0.6 is 0 Å². The van der Waals surface area contributed by atoms with Crippen LogP contribution in [0.15, 0.2) is 109 Å². The van der Waals surface area contributed by atoms with E-state index in [4.69, 9.17) is 28.4 Å². The van der Waals surface area contributed by atoms with Gasteiger partial charge in [-0.3, -0.25) is 0 Å². The predicted molar refractivity (Wildman–Crippen MR) is 192 cm³/mol. The van der Waals surface area contributed by atoms with Gasteiger partial charge in [-0.15, -0.1) is 0 Å². The molecule has 12 nitrogen and oxygen atoms in total. The quantitative estimate of drug-likeness (QED) is 0.127. The number of benzene rings is 6. The van der Waals surface area contributed by atoms with Gasteiger partial charge in [0.25, 0.3) is 0 Å². The minimum atomic E-state index is -0.268. The summed E-state index contributed by atoms with van der Waals surface area (Å²) in [5, 5.41) is 71.7. The molecule has 58 heavy (non-hydrogen) atoms. The van der Waals surface area contributed by atoms with Gasteiger partial charge >= 0.3 is 92.2 Å². The Morgan fingerprint density at radius 2 is 0.379 bits per heavy atom. The molecule has 0 saturated heterocycles. The zero-order chi connectivity index (χ0) is 39.4. The molecule has 6 aromatic rings. The largest absolute Gasteiger partial charge is 3.00 e. The van der Waals surface area contributed by atoms with Gasteiger partial charge in [0.2, 0.25) is 0 Å². The average molecular weight is 892 g/mol. The third-order valence-corrected chi connectivity index (χ3v) is 8.00. The summed E-state index contributed by atoms with van der Waals surface area (Å²) in [5.74, 6) is 0.584. The van der Waals surface area contributed by atoms with Crippen LogP contribution in [0.2, 0.25) is 0 Å². The SMILES string of the molecule is COc1cccc([O-])c1-c1c([O-])cccc1OC.COc1cccc([O-])c1-c1c([O-])cccc1OC.COc1cccc([O-])c1-c1c([O-])cccc1OC.[La+3].[Li+].[Li+].[Li+]. The Bertz CT molecular complexity index is 1810. The van der Waals surface area contributed by atoms with Crippen molar-refractivity contribution in [2.24, 2.45) is 0 Å². The van der Waals surface area contributed by atoms with Crippen LogP contribution in [0, 0.1) is 35.6 Å². The first-order chi connectivity index (χ1) is 26.1. The molecule has 0 amide bonds. The molecule has 0 N–H and O–H groups in total. The Morgan fingerprint density at radius 3 is 0.483 bits per heavy atom. The van der Waals surface area contributed by atoms with Crippen molar-refractivity contribution in [3.05, 3.63) is 109 Å². The summed E-state index contributed by atoms with van der Waals surface area (Å²) in [4.78, 5) is 0. The van der Waals surface area contributed by atoms with Gasteiger partial charge in [0, 0.05) is 33.4 Å². The Hall–Kier alpha value is -4.09. The van der Waals surface area contributed by atoms with Crippen LogP contribution in [0.1, 0.15) is 0 Å². The standard InChI is InChI=1S/3C14H14O4.La.3Li/c3*1-17-11-7-3-5-9(15)13(11)14-10(16)6-4-8-12(14)18-2;;;;/h3*3-8,15-16H,1-2H3;;;;/q;;;+3;3*+1/p-6. The third-order valence-electron chi connectivity index (χ3n) is 8.00. The molecule has 0 spiro atoms. The summed E-state index contributed by atoms with van der Waals surface area (Å²) in [6, 6.07) is 27.7. The Morgan fingerprint density at radius 1 is 0.259 bits per heavy atom. The minimum Gasteiger partial charge on any atom is -0.872 e. The summed E-state index contributed by atoms with van der Waals surface area (Å²) in [6.07, 6.45) is 0. The first-order valence-corrected chi connectivity index (χ1v) is 16.1. The molecule has 0 bridgehead atoms. The zero-order valence-electron chi connectivity index (χ0n) is 33.9. The van der Waals surface area contributed by atoms with Gasteiger partial charge in [0.15, 0.2) is 0 Å². The molecule has 16 heteroatoms. The minimum absolute atomic E-state index is 0. The Balaban J connectivity index is 0.000000812. The molecule has 0 fully saturated rings. The van der Waals surface area contributed by atoms with E-state index in [9.17, 15) is 30.6 Å². The van der Waals surface area contributed by atoms with Crippen molar-refractivity contribution >= 4 is 0 Å². The van der Waals surface area contributed by atoms with E-state index in [0.29, 0.717) is 34.5 Å². The summed E-state index contributed by atoms with van der Waals surface area (Å²) >= 11 is 0. The maximum Gasteiger partial charge on any atom is 3.00 e. The van der Waals surface area contributed by atoms with E-state index in [2.05, 4.69) is 0 Å². The van der Waals surface area contributed by atoms with E-state index in [-0.39, 0.29) is 160 Å². The Kier molecular flexibility index (Phi) is 24.3. The normalized spacial score (nSPS) is 9.41. The van der Waals surface area contributed by atoms with Crippen molar-refractivity contribution in [3.8, 4) is 102 Å². The fourth-order valence-electron chi connectivity index (χ4n) is 5.57. The second-order valence-electron chi connectivity index (χ2n) is 11.0. The van der Waals surface area contributed by atoms with Crippen molar-refractivity contribution in [1.82, 2.24) is 0 Å². The van der Waals surface area contributed by atoms with Crippen LogP contribution in [0.4, 0.5) is 0 Å². The number of methoxy groups -OCH3 is 6. The second-order valence-corrected chi connectivity index (χ2v) is 11.0. The fourth-order valence-corrected chi connectivity index (χ4v) is 5.57. The molecule has 0 aromatic heterocycles. The first kappa shape index (κ1) is 53.9. The number of hydrogen-bond donors (Lipinski definition) is 0. The van der Waals surface area contributed by atoms with E-state index < -0.39 is 0 Å². The van der Waals surface area contributed by atoms with Crippen LogP contribution in [-0.2, 0) is 0 Å². The monoisotopic (exact) mass is 892 g/mol. The van der Waals surface area contributed by atoms with Crippen molar-refractivity contribution in [1.29, 1.82) is 0 Å². The number of ether oxygens (including phenoxy) is 6. The molecule has 0 atom stereocenters. The second kappa shape index (κ2) is 26.1. The van der Waals surface area contributed by atoms with Gasteiger partial charge < -0.3 is 59.1 Å². The molecule has 0 aliphatic rings. The van der Waals surface area contributed by atoms with Crippen molar-refractivity contribution in [2.75, 3.05) is 42.7 Å². The van der Waals surface area contributed by atoms with Gasteiger partial charge in [-0.2, -0.15) is 0 Å². The molecule has 282 valence electrons. The fraction of sp³-hybridized carbons (Fsp3) is 0.143. The van der Waals surface area contributed by atoms with Gasteiger partial charge in [0.1, 0.15) is 34.5 Å². The first-order valence-electron chi connectivity index (χ1n) is 16.1. The van der Waals surface area contributed by atoms with Crippen LogP contribution in [0.25, 0.3) is 33.4 Å². The molecule has 0 radical (unpaired) electrons. The van der Waals surface area contributed by atoms with Crippen molar-refractivity contribution in [3.63, 3.8) is 0 Å². The molecule has 6 rings (SSSR count). The summed E-state index contributed by atoms with van der Waals surface area (Å²) in [5.41, 5.74) is 1.43. The molecule has 0 unspecified atom stereocenters. The number of rotatable bonds is 9. The van der Waals surface area contributed by atoms with Crippen LogP contribution in [0.3, 0.4) is 0 Å². The molecular weight excluding hydrogens is 856 g/mol. The Labute approximate surface area is 401 Å². The van der Waals surface area contributed by atoms with Crippen LogP contribution in [-0.4, -0.2) is 42.7 Å². The van der Waals surface area contributed by atoms with E-state index in [1.54, 1.807) is 72.8 Å². The van der Waals surface area contributed by atoms with Crippen LogP contribution in [0.5, 0.6) is 69.0 Å². The molecule has 6 aromatic carbocycles. The van der Waals surface area contributed by atoms with Crippen LogP contribution < -0.4 is 116 Å². The van der Waals surface area contributed by atoms with Gasteiger partial charge in [-0.1, -0.05) is 107 Å². The third kappa shape index (κ3) is 12.5. The van der Waals surface area contributed by atoms with E-state index in [1.807, 2.05) is 0 Å². The maximum atomic E-state index is 11.9. The maximum absolute atomic E-state index is 11.9. The van der Waals surface area contributed by atoms with Crippen molar-refractivity contribution < 1.29 is 151 Å². The van der Waals surface area contributed by atoms with Crippen molar-refractivity contribution in [2.45, 2.75) is 0 Å². The molecule has 0 aliphatic heterocycles. The summed E-state index contributed by atoms with van der Waals surface area (Å²) in [6.45, 7) is 0. The topological polar surface area (TPSA) is 194 Å². The molecular formula is C42H36LaLi3O12. The van der Waals surface area contributed by atoms with E-state index in [1.165, 1.54) is 79.1 Å².